The third-order valence-corrected chi connectivity index (χ3v) is 2.64. The lowest BCUT2D eigenvalue weighted by molar-refractivity contribution is 0.355. The molecule has 0 unspecified atom stereocenters. The van der Waals surface area contributed by atoms with E-state index in [1.165, 1.54) is 0 Å². The van der Waals surface area contributed by atoms with Crippen molar-refractivity contribution in [3.05, 3.63) is 24.3 Å². The Hall–Kier alpha value is -2.44. The molecular formula is C12H17N5O2. The predicted octanol–water partition coefficient (Wildman–Crippen LogP) is 1.03. The first kappa shape index (κ1) is 13.0. The number of benzene rings is 1. The molecule has 0 aliphatic rings. The van der Waals surface area contributed by atoms with Crippen LogP contribution in [0.25, 0.3) is 0 Å². The first-order valence-electron chi connectivity index (χ1n) is 5.74. The van der Waals surface area contributed by atoms with E-state index in [0.717, 1.165) is 5.69 Å². The van der Waals surface area contributed by atoms with Gasteiger partial charge in [-0.05, 0) is 0 Å². The third-order valence-electron chi connectivity index (χ3n) is 2.64. The summed E-state index contributed by atoms with van der Waals surface area (Å²) in [4.78, 5) is 4.13. The topological polar surface area (TPSA) is 87.2 Å². The molecule has 0 fully saturated rings. The number of nitrogen functional groups attached to an aromatic ring is 1. The number of ether oxygens (including phenoxy) is 2. The van der Waals surface area contributed by atoms with E-state index in [9.17, 15) is 0 Å². The van der Waals surface area contributed by atoms with Gasteiger partial charge in [-0.3, -0.25) is 4.68 Å². The van der Waals surface area contributed by atoms with Crippen LogP contribution in [0.2, 0.25) is 0 Å². The molecule has 7 nitrogen and oxygen atoms in total. The van der Waals surface area contributed by atoms with Gasteiger partial charge in [0, 0.05) is 19.2 Å². The van der Waals surface area contributed by atoms with Gasteiger partial charge in [-0.25, -0.2) is 4.98 Å². The highest BCUT2D eigenvalue weighted by Crippen LogP contribution is 2.34. The lowest BCUT2D eigenvalue weighted by atomic mass is 10.2. The molecule has 0 amide bonds. The normalized spacial score (nSPS) is 10.3. The maximum absolute atomic E-state index is 5.95. The number of rotatable bonds is 5. The molecule has 0 spiro atoms. The second kappa shape index (κ2) is 5.47. The van der Waals surface area contributed by atoms with Gasteiger partial charge in [0.2, 0.25) is 0 Å². The number of nitrogens with zero attached hydrogens (tertiary/aromatic N) is 3. The van der Waals surface area contributed by atoms with E-state index in [1.807, 2.05) is 7.05 Å². The van der Waals surface area contributed by atoms with Crippen molar-refractivity contribution in [1.82, 2.24) is 14.8 Å². The quantitative estimate of drug-likeness (QED) is 0.783. The highest BCUT2D eigenvalue weighted by Gasteiger charge is 2.09. The fraction of sp³-hybridized carbons (Fsp3) is 0.333. The molecule has 2 aromatic rings. The van der Waals surface area contributed by atoms with Gasteiger partial charge >= 0.3 is 0 Å². The van der Waals surface area contributed by atoms with Gasteiger partial charge in [0.15, 0.2) is 17.3 Å². The monoisotopic (exact) mass is 263 g/mol. The van der Waals surface area contributed by atoms with Crippen LogP contribution in [0.15, 0.2) is 18.5 Å². The number of nitrogens with two attached hydrogens (primary N) is 1. The largest absolute Gasteiger partial charge is 0.493 e. The molecule has 19 heavy (non-hydrogen) atoms. The van der Waals surface area contributed by atoms with Crippen LogP contribution in [0.1, 0.15) is 5.82 Å². The second-order valence-electron chi connectivity index (χ2n) is 3.98. The molecule has 3 N–H and O–H groups in total. The average Bonchev–Trinajstić information content (AvgIpc) is 2.82. The van der Waals surface area contributed by atoms with Crippen molar-refractivity contribution in [2.75, 3.05) is 25.3 Å². The summed E-state index contributed by atoms with van der Waals surface area (Å²) in [6, 6.07) is 3.50. The molecule has 102 valence electrons. The van der Waals surface area contributed by atoms with Gasteiger partial charge in [-0.15, -0.1) is 0 Å². The number of hydrogen-bond donors (Lipinski definition) is 2. The van der Waals surface area contributed by atoms with Gasteiger partial charge in [0.05, 0.1) is 32.1 Å². The molecule has 1 heterocycles. The molecule has 0 bridgehead atoms. The summed E-state index contributed by atoms with van der Waals surface area (Å²) in [6.07, 6.45) is 1.65. The minimum absolute atomic E-state index is 0.487. The standard InChI is InChI=1S/C12H17N5O2/c1-17-7-15-12(16-17)6-14-9-5-11(19-3)10(18-2)4-8(9)13/h4-5,7,14H,6,13H2,1-3H3. The molecule has 0 radical (unpaired) electrons. The zero-order chi connectivity index (χ0) is 13.8. The van der Waals surface area contributed by atoms with Crippen LogP contribution in [0, 0.1) is 0 Å². The number of anilines is 2. The van der Waals surface area contributed by atoms with Gasteiger partial charge < -0.3 is 20.5 Å². The summed E-state index contributed by atoms with van der Waals surface area (Å²) in [5.41, 5.74) is 7.28. The minimum atomic E-state index is 0.487. The van der Waals surface area contributed by atoms with E-state index in [1.54, 1.807) is 37.4 Å². The lowest BCUT2D eigenvalue weighted by Gasteiger charge is -2.13. The molecule has 0 aliphatic heterocycles. The van der Waals surface area contributed by atoms with E-state index in [4.69, 9.17) is 15.2 Å². The Kier molecular flexibility index (Phi) is 3.74. The fourth-order valence-corrected chi connectivity index (χ4v) is 1.69. The zero-order valence-electron chi connectivity index (χ0n) is 11.2. The molecule has 1 aromatic heterocycles. The van der Waals surface area contributed by atoms with Gasteiger partial charge in [0.1, 0.15) is 6.33 Å². The fourth-order valence-electron chi connectivity index (χ4n) is 1.69. The Labute approximate surface area is 111 Å². The zero-order valence-corrected chi connectivity index (χ0v) is 11.2. The minimum Gasteiger partial charge on any atom is -0.493 e. The smallest absolute Gasteiger partial charge is 0.169 e. The Balaban J connectivity index is 2.15. The second-order valence-corrected chi connectivity index (χ2v) is 3.98. The number of nitrogens with one attached hydrogen (secondary N) is 1. The van der Waals surface area contributed by atoms with Gasteiger partial charge in [0.25, 0.3) is 0 Å². The van der Waals surface area contributed by atoms with E-state index in [2.05, 4.69) is 15.4 Å². The van der Waals surface area contributed by atoms with Crippen LogP contribution in [0.3, 0.4) is 0 Å². The van der Waals surface area contributed by atoms with Crippen LogP contribution in [0.5, 0.6) is 11.5 Å². The van der Waals surface area contributed by atoms with E-state index < -0.39 is 0 Å². The molecule has 0 aliphatic carbocycles. The number of aryl methyl sites for hydroxylation is 1. The summed E-state index contributed by atoms with van der Waals surface area (Å²) < 4.78 is 12.1. The van der Waals surface area contributed by atoms with Crippen molar-refractivity contribution < 1.29 is 9.47 Å². The van der Waals surface area contributed by atoms with Crippen LogP contribution in [-0.2, 0) is 13.6 Å². The van der Waals surface area contributed by atoms with Crippen LogP contribution in [-0.4, -0.2) is 29.0 Å². The molecule has 0 atom stereocenters. The first-order chi connectivity index (χ1) is 9.13. The van der Waals surface area contributed by atoms with Crippen LogP contribution >= 0.6 is 0 Å². The summed E-state index contributed by atoms with van der Waals surface area (Å²) in [5, 5.41) is 7.35. The van der Waals surface area contributed by atoms with Crippen molar-refractivity contribution in [2.45, 2.75) is 6.54 Å². The number of aromatic nitrogens is 3. The highest BCUT2D eigenvalue weighted by atomic mass is 16.5. The Morgan fingerprint density at radius 1 is 1.26 bits per heavy atom. The molecule has 2 rings (SSSR count). The van der Waals surface area contributed by atoms with E-state index in [-0.39, 0.29) is 0 Å². The molecular weight excluding hydrogens is 246 g/mol. The van der Waals surface area contributed by atoms with Crippen molar-refractivity contribution >= 4 is 11.4 Å². The summed E-state index contributed by atoms with van der Waals surface area (Å²) >= 11 is 0. The summed E-state index contributed by atoms with van der Waals surface area (Å²) in [7, 11) is 4.97. The Morgan fingerprint density at radius 3 is 2.53 bits per heavy atom. The summed E-state index contributed by atoms with van der Waals surface area (Å²) in [5.74, 6) is 1.91. The third kappa shape index (κ3) is 2.87. The van der Waals surface area contributed by atoms with E-state index in [0.29, 0.717) is 29.6 Å². The van der Waals surface area contributed by atoms with Crippen LogP contribution in [0.4, 0.5) is 11.4 Å². The lowest BCUT2D eigenvalue weighted by Crippen LogP contribution is -2.05. The molecule has 7 heteroatoms. The highest BCUT2D eigenvalue weighted by molar-refractivity contribution is 5.71. The summed E-state index contributed by atoms with van der Waals surface area (Å²) in [6.45, 7) is 0.487. The van der Waals surface area contributed by atoms with Crippen molar-refractivity contribution in [2.24, 2.45) is 7.05 Å². The van der Waals surface area contributed by atoms with Crippen LogP contribution < -0.4 is 20.5 Å². The van der Waals surface area contributed by atoms with Gasteiger partial charge in [-0.1, -0.05) is 0 Å². The predicted molar refractivity (Wildman–Crippen MR) is 72.3 cm³/mol. The first-order valence-corrected chi connectivity index (χ1v) is 5.74. The molecule has 1 aromatic carbocycles. The number of methoxy groups -OCH3 is 2. The van der Waals surface area contributed by atoms with Gasteiger partial charge in [-0.2, -0.15) is 5.10 Å². The SMILES string of the molecule is COc1cc(N)c(NCc2ncn(C)n2)cc1OC. The maximum atomic E-state index is 5.95. The van der Waals surface area contributed by atoms with Crippen molar-refractivity contribution in [1.29, 1.82) is 0 Å². The van der Waals surface area contributed by atoms with Crippen molar-refractivity contribution in [3.63, 3.8) is 0 Å². The van der Waals surface area contributed by atoms with Crippen molar-refractivity contribution in [3.8, 4) is 11.5 Å². The molecule has 0 saturated carbocycles. The number of hydrogen-bond acceptors (Lipinski definition) is 6. The average molecular weight is 263 g/mol. The Morgan fingerprint density at radius 2 is 1.95 bits per heavy atom. The molecule has 0 saturated heterocycles. The van der Waals surface area contributed by atoms with E-state index >= 15 is 0 Å². The maximum Gasteiger partial charge on any atom is 0.169 e. The Bertz CT molecular complexity index is 567.